The lowest BCUT2D eigenvalue weighted by molar-refractivity contribution is 0.0527. The van der Waals surface area contributed by atoms with Crippen molar-refractivity contribution in [2.45, 2.75) is 39.7 Å². The summed E-state index contributed by atoms with van der Waals surface area (Å²) in [6.45, 7) is 4.24. The Morgan fingerprint density at radius 3 is 2.39 bits per heavy atom. The van der Waals surface area contributed by atoms with Crippen LogP contribution in [0.2, 0.25) is 0 Å². The molecule has 0 saturated carbocycles. The van der Waals surface area contributed by atoms with Gasteiger partial charge in [-0.25, -0.2) is 4.79 Å². The van der Waals surface area contributed by atoms with Gasteiger partial charge in [-0.15, -0.1) is 11.3 Å². The van der Waals surface area contributed by atoms with Crippen molar-refractivity contribution < 1.29 is 14.6 Å². The van der Waals surface area contributed by atoms with Gasteiger partial charge in [-0.05, 0) is 42.9 Å². The van der Waals surface area contributed by atoms with Gasteiger partial charge in [0, 0.05) is 4.88 Å². The van der Waals surface area contributed by atoms with E-state index >= 15 is 0 Å². The molecule has 0 spiro atoms. The molecule has 1 aromatic heterocycles. The van der Waals surface area contributed by atoms with Crippen LogP contribution in [-0.2, 0) is 30.6 Å². The number of hydrogen-bond acceptors (Lipinski definition) is 5. The average Bonchev–Trinajstić information content (AvgIpc) is 2.89. The molecular formula is C18H23NO3S. The Kier molecular flexibility index (Phi) is 6.19. The van der Waals surface area contributed by atoms with Crippen LogP contribution in [-0.4, -0.2) is 17.7 Å². The first-order valence-electron chi connectivity index (χ1n) is 7.86. The number of hydrogen-bond donors (Lipinski definition) is 2. The van der Waals surface area contributed by atoms with Crippen molar-refractivity contribution in [1.82, 2.24) is 0 Å². The summed E-state index contributed by atoms with van der Waals surface area (Å²) in [7, 11) is 0. The van der Waals surface area contributed by atoms with Gasteiger partial charge in [0.15, 0.2) is 0 Å². The SMILES string of the molecule is CCOC(=O)c1c(N)sc(CCc2ccc(CO)cc2)c1CC. The quantitative estimate of drug-likeness (QED) is 0.762. The predicted molar refractivity (Wildman–Crippen MR) is 93.8 cm³/mol. The molecule has 0 saturated heterocycles. The van der Waals surface area contributed by atoms with E-state index in [-0.39, 0.29) is 12.6 Å². The highest BCUT2D eigenvalue weighted by Crippen LogP contribution is 2.33. The number of carbonyl (C=O) groups is 1. The molecule has 0 aliphatic heterocycles. The zero-order valence-electron chi connectivity index (χ0n) is 13.6. The van der Waals surface area contributed by atoms with Crippen LogP contribution in [0.15, 0.2) is 24.3 Å². The molecule has 4 nitrogen and oxygen atoms in total. The van der Waals surface area contributed by atoms with Crippen molar-refractivity contribution in [2.24, 2.45) is 0 Å². The number of carbonyl (C=O) groups excluding carboxylic acids is 1. The average molecular weight is 333 g/mol. The number of aliphatic hydroxyl groups excluding tert-OH is 1. The molecule has 0 amide bonds. The lowest BCUT2D eigenvalue weighted by Crippen LogP contribution is -2.09. The van der Waals surface area contributed by atoms with Gasteiger partial charge < -0.3 is 15.6 Å². The molecule has 0 aliphatic rings. The summed E-state index contributed by atoms with van der Waals surface area (Å²) >= 11 is 1.48. The molecule has 0 fully saturated rings. The molecule has 0 bridgehead atoms. The predicted octanol–water partition coefficient (Wildman–Crippen LogP) is 3.35. The van der Waals surface area contributed by atoms with E-state index in [4.69, 9.17) is 15.6 Å². The van der Waals surface area contributed by atoms with E-state index in [0.717, 1.165) is 35.3 Å². The number of ether oxygens (including phenoxy) is 1. The number of rotatable bonds is 7. The molecule has 0 aliphatic carbocycles. The van der Waals surface area contributed by atoms with E-state index < -0.39 is 0 Å². The normalized spacial score (nSPS) is 10.7. The molecule has 2 rings (SSSR count). The van der Waals surface area contributed by atoms with E-state index in [0.29, 0.717) is 17.2 Å². The highest BCUT2D eigenvalue weighted by molar-refractivity contribution is 7.16. The number of aryl methyl sites for hydroxylation is 2. The van der Waals surface area contributed by atoms with Gasteiger partial charge in [-0.1, -0.05) is 31.2 Å². The summed E-state index contributed by atoms with van der Waals surface area (Å²) in [5.74, 6) is -0.323. The summed E-state index contributed by atoms with van der Waals surface area (Å²) in [4.78, 5) is 13.2. The summed E-state index contributed by atoms with van der Waals surface area (Å²) in [5.41, 5.74) is 9.72. The number of anilines is 1. The van der Waals surface area contributed by atoms with Crippen LogP contribution in [0.3, 0.4) is 0 Å². The fourth-order valence-electron chi connectivity index (χ4n) is 2.61. The van der Waals surface area contributed by atoms with Gasteiger partial charge in [0.25, 0.3) is 0 Å². The zero-order valence-corrected chi connectivity index (χ0v) is 14.4. The summed E-state index contributed by atoms with van der Waals surface area (Å²) < 4.78 is 5.12. The van der Waals surface area contributed by atoms with E-state index in [1.165, 1.54) is 16.9 Å². The summed E-state index contributed by atoms with van der Waals surface area (Å²) in [5, 5.41) is 9.62. The monoisotopic (exact) mass is 333 g/mol. The summed E-state index contributed by atoms with van der Waals surface area (Å²) in [6, 6.07) is 7.92. The Bertz CT molecular complexity index is 662. The van der Waals surface area contributed by atoms with Gasteiger partial charge in [0.1, 0.15) is 5.00 Å². The molecule has 3 N–H and O–H groups in total. The number of aliphatic hydroxyl groups is 1. The maximum atomic E-state index is 12.1. The van der Waals surface area contributed by atoms with Crippen molar-refractivity contribution in [3.63, 3.8) is 0 Å². The van der Waals surface area contributed by atoms with Gasteiger partial charge in [-0.2, -0.15) is 0 Å². The molecule has 124 valence electrons. The molecular weight excluding hydrogens is 310 g/mol. The first-order valence-corrected chi connectivity index (χ1v) is 8.68. The molecule has 0 unspecified atom stereocenters. The minimum Gasteiger partial charge on any atom is -0.462 e. The molecule has 1 aromatic carbocycles. The van der Waals surface area contributed by atoms with E-state index in [1.807, 2.05) is 31.2 Å². The molecule has 1 heterocycles. The van der Waals surface area contributed by atoms with Crippen molar-refractivity contribution in [1.29, 1.82) is 0 Å². The second kappa shape index (κ2) is 8.13. The summed E-state index contributed by atoms with van der Waals surface area (Å²) in [6.07, 6.45) is 2.48. The van der Waals surface area contributed by atoms with Crippen LogP contribution in [0, 0.1) is 0 Å². The minimum absolute atomic E-state index is 0.0601. The minimum atomic E-state index is -0.323. The number of esters is 1. The van der Waals surface area contributed by atoms with Crippen LogP contribution in [0.1, 0.15) is 45.8 Å². The molecule has 2 aromatic rings. The molecule has 5 heteroatoms. The van der Waals surface area contributed by atoms with Crippen LogP contribution in [0.25, 0.3) is 0 Å². The van der Waals surface area contributed by atoms with Crippen molar-refractivity contribution in [3.05, 3.63) is 51.4 Å². The second-order valence-corrected chi connectivity index (χ2v) is 6.43. The number of nitrogens with two attached hydrogens (primary N) is 1. The van der Waals surface area contributed by atoms with Gasteiger partial charge in [-0.3, -0.25) is 0 Å². The third-order valence-corrected chi connectivity index (χ3v) is 4.92. The standard InChI is InChI=1S/C18H23NO3S/c1-3-14-15(23-17(19)16(14)18(21)22-4-2)10-9-12-5-7-13(11-20)8-6-12/h5-8,20H,3-4,9-11,19H2,1-2H3. The number of thiophene rings is 1. The van der Waals surface area contributed by atoms with Crippen molar-refractivity contribution in [3.8, 4) is 0 Å². The van der Waals surface area contributed by atoms with Crippen LogP contribution >= 0.6 is 11.3 Å². The van der Waals surface area contributed by atoms with Gasteiger partial charge in [0.2, 0.25) is 0 Å². The first kappa shape index (κ1) is 17.5. The highest BCUT2D eigenvalue weighted by atomic mass is 32.1. The Morgan fingerprint density at radius 2 is 1.83 bits per heavy atom. The third kappa shape index (κ3) is 4.12. The Balaban J connectivity index is 2.16. The fraction of sp³-hybridized carbons (Fsp3) is 0.389. The first-order chi connectivity index (χ1) is 11.1. The number of benzene rings is 1. The highest BCUT2D eigenvalue weighted by Gasteiger charge is 2.21. The molecule has 0 radical (unpaired) electrons. The maximum Gasteiger partial charge on any atom is 0.341 e. The lowest BCUT2D eigenvalue weighted by Gasteiger charge is -2.06. The van der Waals surface area contributed by atoms with Crippen molar-refractivity contribution in [2.75, 3.05) is 12.3 Å². The van der Waals surface area contributed by atoms with Crippen LogP contribution in [0.5, 0.6) is 0 Å². The third-order valence-electron chi connectivity index (χ3n) is 3.80. The largest absolute Gasteiger partial charge is 0.462 e. The maximum absolute atomic E-state index is 12.1. The lowest BCUT2D eigenvalue weighted by atomic mass is 10.0. The Morgan fingerprint density at radius 1 is 1.17 bits per heavy atom. The van der Waals surface area contributed by atoms with Gasteiger partial charge in [0.05, 0.1) is 18.8 Å². The van der Waals surface area contributed by atoms with E-state index in [2.05, 4.69) is 0 Å². The van der Waals surface area contributed by atoms with Crippen LogP contribution < -0.4 is 5.73 Å². The smallest absolute Gasteiger partial charge is 0.341 e. The topological polar surface area (TPSA) is 72.5 Å². The van der Waals surface area contributed by atoms with Crippen LogP contribution in [0.4, 0.5) is 5.00 Å². The van der Waals surface area contributed by atoms with E-state index in [1.54, 1.807) is 6.92 Å². The molecule has 23 heavy (non-hydrogen) atoms. The Hall–Kier alpha value is -1.85. The number of nitrogen functional groups attached to an aromatic ring is 1. The fourth-order valence-corrected chi connectivity index (χ4v) is 3.75. The zero-order chi connectivity index (χ0) is 16.8. The molecule has 0 atom stereocenters. The van der Waals surface area contributed by atoms with Crippen molar-refractivity contribution >= 4 is 22.3 Å². The van der Waals surface area contributed by atoms with Gasteiger partial charge >= 0.3 is 5.97 Å². The Labute approximate surface area is 140 Å². The van der Waals surface area contributed by atoms with E-state index in [9.17, 15) is 4.79 Å². The second-order valence-electron chi connectivity index (χ2n) is 5.29.